The van der Waals surface area contributed by atoms with Gasteiger partial charge in [-0.05, 0) is 18.1 Å². The van der Waals surface area contributed by atoms with E-state index in [4.69, 9.17) is 11.6 Å². The third-order valence-electron chi connectivity index (χ3n) is 1.38. The molecule has 1 rings (SSSR count). The lowest BCUT2D eigenvalue weighted by Crippen LogP contribution is -2.09. The monoisotopic (exact) mass is 190 g/mol. The van der Waals surface area contributed by atoms with Crippen LogP contribution in [0.5, 0.6) is 0 Å². The zero-order valence-corrected chi connectivity index (χ0v) is 7.45. The summed E-state index contributed by atoms with van der Waals surface area (Å²) >= 11 is 0. The molecule has 0 radical (unpaired) electrons. The summed E-state index contributed by atoms with van der Waals surface area (Å²) in [4.78, 5) is 14.4. The van der Waals surface area contributed by atoms with E-state index in [9.17, 15) is 4.79 Å². The molecule has 5 nitrogen and oxygen atoms in total. The van der Waals surface area contributed by atoms with Gasteiger partial charge in [0.1, 0.15) is 11.5 Å². The minimum absolute atomic E-state index is 0.0297. The first-order chi connectivity index (χ1) is 6.72. The molecular weight excluding hydrogens is 180 g/mol. The van der Waals surface area contributed by atoms with Crippen LogP contribution in [0.3, 0.4) is 0 Å². The third-order valence-corrected chi connectivity index (χ3v) is 1.38. The van der Waals surface area contributed by atoms with Crippen molar-refractivity contribution in [3.05, 3.63) is 23.9 Å². The van der Waals surface area contributed by atoms with Crippen LogP contribution in [0.2, 0.25) is 0 Å². The lowest BCUT2D eigenvalue weighted by molar-refractivity contribution is -0.117. The van der Waals surface area contributed by atoms with Crippen molar-refractivity contribution in [1.29, 1.82) is 0 Å². The van der Waals surface area contributed by atoms with Crippen molar-refractivity contribution in [3.8, 4) is 11.8 Å². The molecule has 0 aliphatic rings. The van der Waals surface area contributed by atoms with E-state index in [0.717, 1.165) is 0 Å². The van der Waals surface area contributed by atoms with E-state index in [0.29, 0.717) is 11.5 Å². The van der Waals surface area contributed by atoms with Crippen LogP contribution in [0.1, 0.15) is 12.1 Å². The van der Waals surface area contributed by atoms with Gasteiger partial charge in [-0.15, -0.1) is 0 Å². The second kappa shape index (κ2) is 4.84. The number of carbonyl (C=O) groups is 1. The van der Waals surface area contributed by atoms with E-state index in [1.807, 2.05) is 0 Å². The summed E-state index contributed by atoms with van der Waals surface area (Å²) in [5.74, 6) is 10.5. The normalized spacial score (nSPS) is 8.64. The Morgan fingerprint density at radius 2 is 2.36 bits per heavy atom. The van der Waals surface area contributed by atoms with Gasteiger partial charge >= 0.3 is 0 Å². The molecule has 5 N–H and O–H groups in total. The van der Waals surface area contributed by atoms with E-state index >= 15 is 0 Å². The summed E-state index contributed by atoms with van der Waals surface area (Å²) in [6, 6.07) is 5.19. The maximum atomic E-state index is 10.4. The predicted octanol–water partition coefficient (Wildman–Crippen LogP) is -0.406. The second-order valence-electron chi connectivity index (χ2n) is 2.50. The van der Waals surface area contributed by atoms with Crippen molar-refractivity contribution in [1.82, 2.24) is 4.98 Å². The van der Waals surface area contributed by atoms with Crippen LogP contribution in [0.4, 0.5) is 5.82 Å². The molecule has 0 bridgehead atoms. The fourth-order valence-electron chi connectivity index (χ4n) is 0.807. The Labute approximate surface area is 81.5 Å². The summed E-state index contributed by atoms with van der Waals surface area (Å²) < 4.78 is 0. The molecule has 0 atom stereocenters. The fourth-order valence-corrected chi connectivity index (χ4v) is 0.807. The van der Waals surface area contributed by atoms with Gasteiger partial charge in [-0.25, -0.2) is 10.8 Å². The topological polar surface area (TPSA) is 94.0 Å². The van der Waals surface area contributed by atoms with E-state index in [-0.39, 0.29) is 6.42 Å². The molecule has 0 saturated heterocycles. The molecule has 0 fully saturated rings. The number of hydrazine groups is 1. The minimum Gasteiger partial charge on any atom is -0.369 e. The highest BCUT2D eigenvalue weighted by Gasteiger charge is 1.91. The highest BCUT2D eigenvalue weighted by Crippen LogP contribution is 2.01. The predicted molar refractivity (Wildman–Crippen MR) is 52.7 cm³/mol. The molecule has 72 valence electrons. The first kappa shape index (κ1) is 10.0. The zero-order valence-electron chi connectivity index (χ0n) is 7.45. The van der Waals surface area contributed by atoms with Gasteiger partial charge in [-0.2, -0.15) is 0 Å². The largest absolute Gasteiger partial charge is 0.369 e. The van der Waals surface area contributed by atoms with Crippen LogP contribution in [-0.2, 0) is 4.79 Å². The molecular formula is C9H10N4O. The number of nitrogens with zero attached hydrogens (tertiary/aromatic N) is 1. The van der Waals surface area contributed by atoms with Gasteiger partial charge in [0.05, 0.1) is 6.42 Å². The summed E-state index contributed by atoms with van der Waals surface area (Å²) in [7, 11) is 0. The molecule has 1 heterocycles. The summed E-state index contributed by atoms with van der Waals surface area (Å²) in [5, 5.41) is 0. The number of nitrogens with one attached hydrogen (secondary N) is 1. The number of amides is 1. The quantitative estimate of drug-likeness (QED) is 0.336. The third kappa shape index (κ3) is 3.13. The maximum absolute atomic E-state index is 10.4. The van der Waals surface area contributed by atoms with Crippen molar-refractivity contribution in [3.63, 3.8) is 0 Å². The maximum Gasteiger partial charge on any atom is 0.229 e. The van der Waals surface area contributed by atoms with Gasteiger partial charge in [-0.3, -0.25) is 4.79 Å². The number of carbonyl (C=O) groups excluding carboxylic acids is 1. The average molecular weight is 190 g/mol. The van der Waals surface area contributed by atoms with Crippen LogP contribution in [-0.4, -0.2) is 10.9 Å². The molecule has 14 heavy (non-hydrogen) atoms. The van der Waals surface area contributed by atoms with Gasteiger partial charge in [0.2, 0.25) is 5.91 Å². The lowest BCUT2D eigenvalue weighted by atomic mass is 10.3. The first-order valence-corrected chi connectivity index (χ1v) is 3.93. The van der Waals surface area contributed by atoms with Gasteiger partial charge < -0.3 is 11.2 Å². The van der Waals surface area contributed by atoms with E-state index in [1.165, 1.54) is 0 Å². The van der Waals surface area contributed by atoms with Crippen molar-refractivity contribution in [2.75, 3.05) is 5.43 Å². The Morgan fingerprint density at radius 3 is 3.00 bits per heavy atom. The van der Waals surface area contributed by atoms with Crippen LogP contribution < -0.4 is 17.0 Å². The number of aromatic nitrogens is 1. The number of nitrogens with two attached hydrogens (primary N) is 2. The number of pyridine rings is 1. The number of hydrogen-bond donors (Lipinski definition) is 3. The van der Waals surface area contributed by atoms with Crippen LogP contribution >= 0.6 is 0 Å². The molecule has 0 aliphatic carbocycles. The molecule has 0 aromatic carbocycles. The number of rotatable bonds is 2. The van der Waals surface area contributed by atoms with E-state index in [1.54, 1.807) is 18.2 Å². The van der Waals surface area contributed by atoms with Gasteiger partial charge in [0.15, 0.2) is 0 Å². The highest BCUT2D eigenvalue weighted by molar-refractivity contribution is 5.76. The van der Waals surface area contributed by atoms with Crippen molar-refractivity contribution < 1.29 is 4.79 Å². The number of nitrogen functional groups attached to an aromatic ring is 1. The van der Waals surface area contributed by atoms with E-state index < -0.39 is 5.91 Å². The van der Waals surface area contributed by atoms with Gasteiger partial charge in [0.25, 0.3) is 0 Å². The Balaban J connectivity index is 2.74. The smallest absolute Gasteiger partial charge is 0.229 e. The summed E-state index contributed by atoms with van der Waals surface area (Å²) in [6.07, 6.45) is 0.0297. The van der Waals surface area contributed by atoms with Gasteiger partial charge in [-0.1, -0.05) is 12.0 Å². The van der Waals surface area contributed by atoms with Crippen LogP contribution in [0.25, 0.3) is 0 Å². The second-order valence-corrected chi connectivity index (χ2v) is 2.50. The molecule has 1 aromatic rings. The highest BCUT2D eigenvalue weighted by atomic mass is 16.1. The molecule has 0 unspecified atom stereocenters. The SMILES string of the molecule is NNc1cccc(C#CCC(N)=O)n1. The van der Waals surface area contributed by atoms with Crippen molar-refractivity contribution in [2.45, 2.75) is 6.42 Å². The Hall–Kier alpha value is -2.06. The Kier molecular flexibility index (Phi) is 3.47. The Morgan fingerprint density at radius 1 is 1.57 bits per heavy atom. The number of anilines is 1. The van der Waals surface area contributed by atoms with Gasteiger partial charge in [0, 0.05) is 0 Å². The van der Waals surface area contributed by atoms with Crippen molar-refractivity contribution in [2.24, 2.45) is 11.6 Å². The molecule has 0 spiro atoms. The minimum atomic E-state index is -0.453. The molecule has 0 aliphatic heterocycles. The number of primary amides is 1. The average Bonchev–Trinajstić information content (AvgIpc) is 2.18. The standard InChI is InChI=1S/C9H10N4O/c10-8(14)5-1-3-7-4-2-6-9(12-7)13-11/h2,4,6H,5,11H2,(H2,10,14)(H,12,13). The Bertz CT molecular complexity index is 391. The first-order valence-electron chi connectivity index (χ1n) is 3.93. The lowest BCUT2D eigenvalue weighted by Gasteiger charge is -1.97. The fraction of sp³-hybridized carbons (Fsp3) is 0.111. The summed E-state index contributed by atoms with van der Waals surface area (Å²) in [5.41, 5.74) is 7.86. The molecule has 0 saturated carbocycles. The molecule has 1 amide bonds. The van der Waals surface area contributed by atoms with Crippen molar-refractivity contribution >= 4 is 11.7 Å². The van der Waals surface area contributed by atoms with Crippen LogP contribution in [0, 0.1) is 11.8 Å². The zero-order chi connectivity index (χ0) is 10.4. The molecule has 5 heteroatoms. The number of hydrogen-bond acceptors (Lipinski definition) is 4. The van der Waals surface area contributed by atoms with Crippen LogP contribution in [0.15, 0.2) is 18.2 Å². The summed E-state index contributed by atoms with van der Waals surface area (Å²) in [6.45, 7) is 0. The van der Waals surface area contributed by atoms with E-state index in [2.05, 4.69) is 22.3 Å². The molecule has 1 aromatic heterocycles.